The minimum atomic E-state index is -0.246. The number of ether oxygens (including phenoxy) is 1. The van der Waals surface area contributed by atoms with E-state index in [1.165, 1.54) is 0 Å². The minimum Gasteiger partial charge on any atom is -0.491 e. The highest BCUT2D eigenvalue weighted by molar-refractivity contribution is 6.33. The molecule has 2 rings (SSSR count). The van der Waals surface area contributed by atoms with Crippen LogP contribution in [0.15, 0.2) is 42.5 Å². The molecule has 0 aliphatic rings. The molecule has 6 nitrogen and oxygen atoms in total. The van der Waals surface area contributed by atoms with Crippen molar-refractivity contribution < 1.29 is 14.3 Å². The highest BCUT2D eigenvalue weighted by Gasteiger charge is 2.09. The van der Waals surface area contributed by atoms with Crippen molar-refractivity contribution in [1.29, 1.82) is 0 Å². The number of amides is 2. The van der Waals surface area contributed by atoms with Gasteiger partial charge in [-0.05, 0) is 62.2 Å². The second-order valence-electron chi connectivity index (χ2n) is 6.76. The van der Waals surface area contributed by atoms with E-state index in [0.717, 1.165) is 24.3 Å². The fourth-order valence-electron chi connectivity index (χ4n) is 2.49. The van der Waals surface area contributed by atoms with Gasteiger partial charge >= 0.3 is 0 Å². The molecule has 0 heterocycles. The molecule has 0 aromatic heterocycles. The molecular weight excluding hydrogens is 390 g/mol. The topological polar surface area (TPSA) is 79.5 Å². The van der Waals surface area contributed by atoms with E-state index < -0.39 is 0 Å². The van der Waals surface area contributed by atoms with Crippen LogP contribution in [0.25, 0.3) is 0 Å². The second kappa shape index (κ2) is 11.3. The minimum absolute atomic E-state index is 0.0745. The predicted molar refractivity (Wildman–Crippen MR) is 119 cm³/mol. The number of benzene rings is 2. The Morgan fingerprint density at radius 3 is 2.34 bits per heavy atom. The molecule has 2 aromatic carbocycles. The van der Waals surface area contributed by atoms with Crippen molar-refractivity contribution >= 4 is 40.5 Å². The Hall–Kier alpha value is -2.73. The van der Waals surface area contributed by atoms with Crippen molar-refractivity contribution in [2.75, 3.05) is 22.5 Å². The van der Waals surface area contributed by atoms with Gasteiger partial charge in [-0.25, -0.2) is 0 Å². The zero-order chi connectivity index (χ0) is 21.2. The summed E-state index contributed by atoms with van der Waals surface area (Å²) < 4.78 is 5.74. The number of hydrogen-bond donors (Lipinski definition) is 3. The summed E-state index contributed by atoms with van der Waals surface area (Å²) in [6.07, 6.45) is 2.30. The molecule has 0 fully saturated rings. The van der Waals surface area contributed by atoms with Crippen LogP contribution < -0.4 is 20.7 Å². The monoisotopic (exact) mass is 417 g/mol. The number of nitrogens with one attached hydrogen (secondary N) is 3. The third kappa shape index (κ3) is 7.66. The summed E-state index contributed by atoms with van der Waals surface area (Å²) in [6.45, 7) is 6.10. The average Bonchev–Trinajstić information content (AvgIpc) is 2.70. The van der Waals surface area contributed by atoms with Crippen molar-refractivity contribution in [3.05, 3.63) is 47.5 Å². The highest BCUT2D eigenvalue weighted by Crippen LogP contribution is 2.26. The molecule has 2 amide bonds. The van der Waals surface area contributed by atoms with Crippen molar-refractivity contribution in [1.82, 2.24) is 0 Å². The van der Waals surface area contributed by atoms with Gasteiger partial charge in [-0.1, -0.05) is 25.4 Å². The molecule has 0 spiro atoms. The van der Waals surface area contributed by atoms with Crippen molar-refractivity contribution in [2.45, 2.75) is 46.1 Å². The van der Waals surface area contributed by atoms with Gasteiger partial charge in [-0.2, -0.15) is 0 Å². The standard InChI is InChI=1S/C22H28ClN3O3/c1-4-6-21(27)25-17-9-12-19(23)20(13-17)26-22(28)14-24-16-7-10-18(11-8-16)29-15(3)5-2/h7-13,15,24H,4-6,14H2,1-3H3,(H,25,27)(H,26,28). The van der Waals surface area contributed by atoms with Crippen LogP contribution in [0.1, 0.15) is 40.0 Å². The van der Waals surface area contributed by atoms with Crippen LogP contribution in [0.2, 0.25) is 5.02 Å². The van der Waals surface area contributed by atoms with Gasteiger partial charge in [-0.3, -0.25) is 9.59 Å². The van der Waals surface area contributed by atoms with Gasteiger partial charge in [0.1, 0.15) is 5.75 Å². The Morgan fingerprint density at radius 2 is 1.69 bits per heavy atom. The van der Waals surface area contributed by atoms with E-state index in [-0.39, 0.29) is 24.5 Å². The zero-order valence-corrected chi connectivity index (χ0v) is 17.8. The van der Waals surface area contributed by atoms with Crippen molar-refractivity contribution in [2.24, 2.45) is 0 Å². The molecule has 7 heteroatoms. The van der Waals surface area contributed by atoms with Gasteiger partial charge in [0.15, 0.2) is 0 Å². The first-order chi connectivity index (χ1) is 13.9. The quantitative estimate of drug-likeness (QED) is 0.489. The number of halogens is 1. The third-order valence-corrected chi connectivity index (χ3v) is 4.55. The molecule has 0 saturated heterocycles. The number of anilines is 3. The van der Waals surface area contributed by atoms with Crippen molar-refractivity contribution in [3.63, 3.8) is 0 Å². The van der Waals surface area contributed by atoms with Crippen molar-refractivity contribution in [3.8, 4) is 5.75 Å². The Balaban J connectivity index is 1.89. The van der Waals surface area contributed by atoms with Gasteiger partial charge in [0, 0.05) is 17.8 Å². The zero-order valence-electron chi connectivity index (χ0n) is 17.0. The van der Waals surface area contributed by atoms with Gasteiger partial charge in [0.2, 0.25) is 11.8 Å². The van der Waals surface area contributed by atoms with Gasteiger partial charge < -0.3 is 20.7 Å². The molecule has 0 aliphatic carbocycles. The fraction of sp³-hybridized carbons (Fsp3) is 0.364. The first-order valence-electron chi connectivity index (χ1n) is 9.81. The lowest BCUT2D eigenvalue weighted by Gasteiger charge is -2.13. The Bertz CT molecular complexity index is 825. The maximum Gasteiger partial charge on any atom is 0.243 e. The van der Waals surface area contributed by atoms with E-state index in [0.29, 0.717) is 22.8 Å². The summed E-state index contributed by atoms with van der Waals surface area (Å²) in [4.78, 5) is 24.0. The van der Waals surface area contributed by atoms with E-state index >= 15 is 0 Å². The molecule has 2 aromatic rings. The summed E-state index contributed by atoms with van der Waals surface area (Å²) in [5.41, 5.74) is 1.85. The van der Waals surface area contributed by atoms with E-state index in [1.807, 2.05) is 38.1 Å². The fourth-order valence-corrected chi connectivity index (χ4v) is 2.66. The maximum absolute atomic E-state index is 12.3. The van der Waals surface area contributed by atoms with Crippen LogP contribution in [0, 0.1) is 0 Å². The Labute approximate surface area is 177 Å². The van der Waals surface area contributed by atoms with Gasteiger partial charge in [0.05, 0.1) is 23.4 Å². The largest absolute Gasteiger partial charge is 0.491 e. The maximum atomic E-state index is 12.3. The lowest BCUT2D eigenvalue weighted by atomic mass is 10.2. The van der Waals surface area contributed by atoms with E-state index in [2.05, 4.69) is 22.9 Å². The van der Waals surface area contributed by atoms with Crippen LogP contribution in [0.4, 0.5) is 17.1 Å². The molecule has 29 heavy (non-hydrogen) atoms. The van der Waals surface area contributed by atoms with E-state index in [4.69, 9.17) is 16.3 Å². The third-order valence-electron chi connectivity index (χ3n) is 4.22. The number of rotatable bonds is 10. The Kier molecular flexibility index (Phi) is 8.80. The molecule has 1 unspecified atom stereocenters. The van der Waals surface area contributed by atoms with Gasteiger partial charge in [0.25, 0.3) is 0 Å². The molecule has 1 atom stereocenters. The highest BCUT2D eigenvalue weighted by atomic mass is 35.5. The second-order valence-corrected chi connectivity index (χ2v) is 7.16. The summed E-state index contributed by atoms with van der Waals surface area (Å²) in [5, 5.41) is 9.01. The molecule has 0 saturated carbocycles. The molecule has 0 aliphatic heterocycles. The number of hydrogen-bond acceptors (Lipinski definition) is 4. The van der Waals surface area contributed by atoms with Crippen LogP contribution >= 0.6 is 11.6 Å². The predicted octanol–water partition coefficient (Wildman–Crippen LogP) is 5.31. The Morgan fingerprint density at radius 1 is 1.00 bits per heavy atom. The average molecular weight is 418 g/mol. The molecule has 3 N–H and O–H groups in total. The SMILES string of the molecule is CCCC(=O)Nc1ccc(Cl)c(NC(=O)CNc2ccc(OC(C)CC)cc2)c1. The summed E-state index contributed by atoms with van der Waals surface area (Å²) in [7, 11) is 0. The normalized spacial score (nSPS) is 11.4. The van der Waals surface area contributed by atoms with Crippen LogP contribution in [0.3, 0.4) is 0 Å². The molecular formula is C22H28ClN3O3. The van der Waals surface area contributed by atoms with Gasteiger partial charge in [-0.15, -0.1) is 0 Å². The van der Waals surface area contributed by atoms with E-state index in [1.54, 1.807) is 18.2 Å². The van der Waals surface area contributed by atoms with Crippen LogP contribution in [0.5, 0.6) is 5.75 Å². The molecule has 156 valence electrons. The number of carbonyl (C=O) groups is 2. The number of carbonyl (C=O) groups excluding carboxylic acids is 2. The van der Waals surface area contributed by atoms with E-state index in [9.17, 15) is 9.59 Å². The van der Waals surface area contributed by atoms with Crippen LogP contribution in [-0.2, 0) is 9.59 Å². The first kappa shape index (κ1) is 22.6. The summed E-state index contributed by atoms with van der Waals surface area (Å²) >= 11 is 6.16. The summed E-state index contributed by atoms with van der Waals surface area (Å²) in [6, 6.07) is 12.4. The smallest absolute Gasteiger partial charge is 0.243 e. The summed E-state index contributed by atoms with van der Waals surface area (Å²) in [5.74, 6) is 0.474. The molecule has 0 radical (unpaired) electrons. The lowest BCUT2D eigenvalue weighted by molar-refractivity contribution is -0.116. The lowest BCUT2D eigenvalue weighted by Crippen LogP contribution is -2.22. The first-order valence-corrected chi connectivity index (χ1v) is 10.2. The molecule has 0 bridgehead atoms. The van der Waals surface area contributed by atoms with Crippen LogP contribution in [-0.4, -0.2) is 24.5 Å².